The lowest BCUT2D eigenvalue weighted by atomic mass is 10.1. The minimum Gasteiger partial charge on any atom is -0.493 e. The molecule has 20 heavy (non-hydrogen) atoms. The van der Waals surface area contributed by atoms with E-state index in [1.807, 2.05) is 32.0 Å². The summed E-state index contributed by atoms with van der Waals surface area (Å²) >= 11 is 0. The predicted octanol–water partition coefficient (Wildman–Crippen LogP) is 3.88. The molecule has 0 fully saturated rings. The molecule has 1 atom stereocenters. The van der Waals surface area contributed by atoms with Crippen LogP contribution in [0.15, 0.2) is 24.3 Å². The van der Waals surface area contributed by atoms with Crippen LogP contribution in [0.25, 0.3) is 6.08 Å². The topological polar surface area (TPSA) is 30.5 Å². The summed E-state index contributed by atoms with van der Waals surface area (Å²) in [6.07, 6.45) is 5.50. The molecule has 0 aliphatic carbocycles. The quantitative estimate of drug-likeness (QED) is 0.782. The van der Waals surface area contributed by atoms with Crippen molar-refractivity contribution < 1.29 is 9.47 Å². The molecule has 0 heterocycles. The zero-order valence-electron chi connectivity index (χ0n) is 13.3. The van der Waals surface area contributed by atoms with Crippen LogP contribution in [0.5, 0.6) is 11.5 Å². The second kappa shape index (κ2) is 8.64. The SMILES string of the molecule is CCCNC(C)/C=C/c1cccc(OC)c1OC(C)C. The summed E-state index contributed by atoms with van der Waals surface area (Å²) in [6, 6.07) is 6.29. The van der Waals surface area contributed by atoms with E-state index in [-0.39, 0.29) is 6.10 Å². The maximum absolute atomic E-state index is 5.88. The molecule has 0 spiro atoms. The van der Waals surface area contributed by atoms with Crippen LogP contribution in [-0.4, -0.2) is 25.8 Å². The van der Waals surface area contributed by atoms with Crippen molar-refractivity contribution in [1.29, 1.82) is 0 Å². The van der Waals surface area contributed by atoms with Gasteiger partial charge in [0.25, 0.3) is 0 Å². The van der Waals surface area contributed by atoms with Gasteiger partial charge in [-0.1, -0.05) is 31.2 Å². The first-order valence-electron chi connectivity index (χ1n) is 7.33. The molecular weight excluding hydrogens is 250 g/mol. The number of nitrogens with one attached hydrogen (secondary N) is 1. The molecule has 0 saturated carbocycles. The third-order valence-electron chi connectivity index (χ3n) is 2.86. The van der Waals surface area contributed by atoms with E-state index in [0.717, 1.165) is 30.0 Å². The van der Waals surface area contributed by atoms with E-state index in [0.29, 0.717) is 6.04 Å². The summed E-state index contributed by atoms with van der Waals surface area (Å²) in [7, 11) is 1.67. The van der Waals surface area contributed by atoms with Crippen LogP contribution in [-0.2, 0) is 0 Å². The van der Waals surface area contributed by atoms with Gasteiger partial charge < -0.3 is 14.8 Å². The van der Waals surface area contributed by atoms with Gasteiger partial charge in [0.05, 0.1) is 13.2 Å². The molecule has 1 unspecified atom stereocenters. The maximum atomic E-state index is 5.88. The van der Waals surface area contributed by atoms with E-state index in [1.54, 1.807) is 7.11 Å². The Morgan fingerprint density at radius 1 is 1.25 bits per heavy atom. The normalized spacial score (nSPS) is 12.9. The number of rotatable bonds is 8. The molecular formula is C17H27NO2. The lowest BCUT2D eigenvalue weighted by molar-refractivity contribution is 0.229. The van der Waals surface area contributed by atoms with Gasteiger partial charge in [0.2, 0.25) is 0 Å². The monoisotopic (exact) mass is 277 g/mol. The van der Waals surface area contributed by atoms with Crippen LogP contribution in [0, 0.1) is 0 Å². The zero-order chi connectivity index (χ0) is 15.0. The highest BCUT2D eigenvalue weighted by atomic mass is 16.5. The zero-order valence-corrected chi connectivity index (χ0v) is 13.3. The van der Waals surface area contributed by atoms with Crippen LogP contribution in [0.1, 0.15) is 39.7 Å². The number of hydrogen-bond donors (Lipinski definition) is 1. The van der Waals surface area contributed by atoms with Gasteiger partial charge in [0.15, 0.2) is 11.5 Å². The smallest absolute Gasteiger partial charge is 0.168 e. The molecule has 0 saturated heterocycles. The molecule has 0 aliphatic rings. The van der Waals surface area contributed by atoms with Crippen molar-refractivity contribution in [3.05, 3.63) is 29.8 Å². The Labute approximate surface area is 123 Å². The highest BCUT2D eigenvalue weighted by Crippen LogP contribution is 2.32. The summed E-state index contributed by atoms with van der Waals surface area (Å²) < 4.78 is 11.3. The summed E-state index contributed by atoms with van der Waals surface area (Å²) in [5, 5.41) is 3.43. The Balaban J connectivity index is 2.90. The van der Waals surface area contributed by atoms with Crippen LogP contribution in [0.3, 0.4) is 0 Å². The van der Waals surface area contributed by atoms with Gasteiger partial charge in [-0.25, -0.2) is 0 Å². The fraction of sp³-hybridized carbons (Fsp3) is 0.529. The average molecular weight is 277 g/mol. The van der Waals surface area contributed by atoms with E-state index in [2.05, 4.69) is 31.3 Å². The fourth-order valence-corrected chi connectivity index (χ4v) is 1.87. The Bertz CT molecular complexity index is 427. The average Bonchev–Trinajstić information content (AvgIpc) is 2.43. The van der Waals surface area contributed by atoms with Gasteiger partial charge in [-0.2, -0.15) is 0 Å². The van der Waals surface area contributed by atoms with E-state index in [9.17, 15) is 0 Å². The third-order valence-corrected chi connectivity index (χ3v) is 2.86. The molecule has 0 aliphatic heterocycles. The summed E-state index contributed by atoms with van der Waals surface area (Å²) in [6.45, 7) is 9.38. The third kappa shape index (κ3) is 5.25. The molecule has 0 radical (unpaired) electrons. The molecule has 3 nitrogen and oxygen atoms in total. The molecule has 1 rings (SSSR count). The number of ether oxygens (including phenoxy) is 2. The van der Waals surface area contributed by atoms with Gasteiger partial charge in [0.1, 0.15) is 0 Å². The molecule has 112 valence electrons. The van der Waals surface area contributed by atoms with Crippen molar-refractivity contribution in [3.8, 4) is 11.5 Å². The molecule has 0 amide bonds. The molecule has 1 aromatic rings. The Hall–Kier alpha value is -1.48. The first-order valence-corrected chi connectivity index (χ1v) is 7.33. The van der Waals surface area contributed by atoms with E-state index >= 15 is 0 Å². The first-order chi connectivity index (χ1) is 9.58. The van der Waals surface area contributed by atoms with Crippen molar-refractivity contribution in [2.75, 3.05) is 13.7 Å². The maximum Gasteiger partial charge on any atom is 0.168 e. The van der Waals surface area contributed by atoms with Gasteiger partial charge in [-0.3, -0.25) is 0 Å². The van der Waals surface area contributed by atoms with Crippen molar-refractivity contribution in [2.45, 2.75) is 46.3 Å². The molecule has 3 heteroatoms. The highest BCUT2D eigenvalue weighted by molar-refractivity contribution is 5.62. The molecule has 0 bridgehead atoms. The van der Waals surface area contributed by atoms with Gasteiger partial charge in [0, 0.05) is 11.6 Å². The van der Waals surface area contributed by atoms with Crippen LogP contribution in [0.4, 0.5) is 0 Å². The van der Waals surface area contributed by atoms with Gasteiger partial charge >= 0.3 is 0 Å². The first kappa shape index (κ1) is 16.6. The Morgan fingerprint density at radius 3 is 2.60 bits per heavy atom. The van der Waals surface area contributed by atoms with Crippen molar-refractivity contribution in [2.24, 2.45) is 0 Å². The second-order valence-corrected chi connectivity index (χ2v) is 5.15. The lowest BCUT2D eigenvalue weighted by Gasteiger charge is -2.16. The predicted molar refractivity (Wildman–Crippen MR) is 85.5 cm³/mol. The minimum atomic E-state index is 0.120. The highest BCUT2D eigenvalue weighted by Gasteiger charge is 2.10. The fourth-order valence-electron chi connectivity index (χ4n) is 1.87. The van der Waals surface area contributed by atoms with Crippen LogP contribution in [0.2, 0.25) is 0 Å². The Morgan fingerprint density at radius 2 is 2.00 bits per heavy atom. The number of hydrogen-bond acceptors (Lipinski definition) is 3. The van der Waals surface area contributed by atoms with E-state index < -0.39 is 0 Å². The molecule has 1 N–H and O–H groups in total. The van der Waals surface area contributed by atoms with E-state index in [4.69, 9.17) is 9.47 Å². The van der Waals surface area contributed by atoms with Crippen molar-refractivity contribution >= 4 is 6.08 Å². The second-order valence-electron chi connectivity index (χ2n) is 5.15. The number of para-hydroxylation sites is 1. The lowest BCUT2D eigenvalue weighted by Crippen LogP contribution is -2.24. The van der Waals surface area contributed by atoms with Crippen LogP contribution >= 0.6 is 0 Å². The van der Waals surface area contributed by atoms with Crippen molar-refractivity contribution in [1.82, 2.24) is 5.32 Å². The van der Waals surface area contributed by atoms with Gasteiger partial charge in [-0.15, -0.1) is 0 Å². The van der Waals surface area contributed by atoms with Crippen molar-refractivity contribution in [3.63, 3.8) is 0 Å². The Kier molecular flexibility index (Phi) is 7.16. The molecule has 0 aromatic heterocycles. The minimum absolute atomic E-state index is 0.120. The summed E-state index contributed by atoms with van der Waals surface area (Å²) in [5.74, 6) is 1.58. The van der Waals surface area contributed by atoms with Crippen LogP contribution < -0.4 is 14.8 Å². The number of methoxy groups -OCH3 is 1. The van der Waals surface area contributed by atoms with E-state index in [1.165, 1.54) is 0 Å². The largest absolute Gasteiger partial charge is 0.493 e. The number of benzene rings is 1. The summed E-state index contributed by atoms with van der Waals surface area (Å²) in [5.41, 5.74) is 1.04. The van der Waals surface area contributed by atoms with Gasteiger partial charge in [-0.05, 0) is 39.8 Å². The standard InChI is InChI=1S/C17H27NO2/c1-6-12-18-14(4)10-11-15-8-7-9-16(19-5)17(15)20-13(2)3/h7-11,13-14,18H,6,12H2,1-5H3/b11-10+. The summed E-state index contributed by atoms with van der Waals surface area (Å²) in [4.78, 5) is 0. The molecule has 1 aromatic carbocycles.